The number of thioether (sulfide) groups is 1. The standard InChI is InChI=1S/C19H15FN2O2S/c1-21-18(23)17(25-19(21)24)15-6-3-7-16-14(15)8-9-22(16)11-12-4-2-5-13(20)10-12/h2-10,17H,11H2,1H3. The highest BCUT2D eigenvalue weighted by Crippen LogP contribution is 2.41. The second-order valence-electron chi connectivity index (χ2n) is 6.01. The van der Waals surface area contributed by atoms with Gasteiger partial charge in [-0.25, -0.2) is 4.39 Å². The van der Waals surface area contributed by atoms with Crippen LogP contribution in [0.2, 0.25) is 0 Å². The Hall–Kier alpha value is -2.60. The summed E-state index contributed by atoms with van der Waals surface area (Å²) in [6.45, 7) is 0.537. The van der Waals surface area contributed by atoms with Crippen LogP contribution in [0, 0.1) is 5.82 Å². The average Bonchev–Trinajstić information content (AvgIpc) is 3.11. The van der Waals surface area contributed by atoms with E-state index in [2.05, 4.69) is 0 Å². The first kappa shape index (κ1) is 15.9. The molecule has 1 saturated heterocycles. The third kappa shape index (κ3) is 2.72. The SMILES string of the molecule is CN1C(=O)SC(c2cccc3c2ccn3Cc2cccc(F)c2)C1=O. The van der Waals surface area contributed by atoms with Gasteiger partial charge in [-0.15, -0.1) is 0 Å². The van der Waals surface area contributed by atoms with Crippen LogP contribution in [0.5, 0.6) is 0 Å². The Morgan fingerprint density at radius 3 is 2.64 bits per heavy atom. The smallest absolute Gasteiger partial charge is 0.289 e. The lowest BCUT2D eigenvalue weighted by Crippen LogP contribution is -2.24. The maximum atomic E-state index is 13.4. The summed E-state index contributed by atoms with van der Waals surface area (Å²) in [7, 11) is 1.51. The third-order valence-corrected chi connectivity index (χ3v) is 5.59. The Kier molecular flexibility index (Phi) is 3.84. The number of likely N-dealkylation sites (N-methyl/N-ethyl adjacent to an activating group) is 1. The van der Waals surface area contributed by atoms with Crippen LogP contribution in [0.25, 0.3) is 10.9 Å². The molecule has 25 heavy (non-hydrogen) atoms. The van der Waals surface area contributed by atoms with Gasteiger partial charge in [0.25, 0.3) is 5.24 Å². The van der Waals surface area contributed by atoms with Crippen LogP contribution in [0.4, 0.5) is 9.18 Å². The van der Waals surface area contributed by atoms with Crippen molar-refractivity contribution in [2.45, 2.75) is 11.8 Å². The van der Waals surface area contributed by atoms with E-state index in [0.717, 1.165) is 38.7 Å². The first-order valence-electron chi connectivity index (χ1n) is 7.85. The predicted octanol–water partition coefficient (Wildman–Crippen LogP) is 4.20. The molecule has 0 aliphatic carbocycles. The highest BCUT2D eigenvalue weighted by Gasteiger charge is 2.38. The van der Waals surface area contributed by atoms with Crippen LogP contribution in [0.15, 0.2) is 54.7 Å². The molecule has 1 aliphatic rings. The van der Waals surface area contributed by atoms with Crippen molar-refractivity contribution in [2.75, 3.05) is 7.05 Å². The molecular weight excluding hydrogens is 339 g/mol. The van der Waals surface area contributed by atoms with Gasteiger partial charge in [0.15, 0.2) is 0 Å². The molecule has 2 heterocycles. The molecule has 1 aromatic heterocycles. The number of imide groups is 1. The van der Waals surface area contributed by atoms with E-state index in [1.54, 1.807) is 6.07 Å². The van der Waals surface area contributed by atoms with Crippen molar-refractivity contribution >= 4 is 33.8 Å². The highest BCUT2D eigenvalue weighted by atomic mass is 32.2. The molecular formula is C19H15FN2O2S. The molecule has 3 aromatic rings. The van der Waals surface area contributed by atoms with E-state index >= 15 is 0 Å². The Balaban J connectivity index is 1.74. The number of halogens is 1. The number of fused-ring (bicyclic) bond motifs is 1. The van der Waals surface area contributed by atoms with Crippen molar-refractivity contribution in [2.24, 2.45) is 0 Å². The maximum absolute atomic E-state index is 13.4. The summed E-state index contributed by atoms with van der Waals surface area (Å²) < 4.78 is 15.4. The minimum absolute atomic E-state index is 0.194. The first-order valence-corrected chi connectivity index (χ1v) is 8.73. The van der Waals surface area contributed by atoms with E-state index in [-0.39, 0.29) is 17.0 Å². The molecule has 4 nitrogen and oxygen atoms in total. The number of carbonyl (C=O) groups is 2. The second kappa shape index (κ2) is 6.04. The van der Waals surface area contributed by atoms with Crippen molar-refractivity contribution in [3.63, 3.8) is 0 Å². The third-order valence-electron chi connectivity index (χ3n) is 4.42. The molecule has 4 rings (SSSR count). The lowest BCUT2D eigenvalue weighted by atomic mass is 10.1. The molecule has 6 heteroatoms. The first-order chi connectivity index (χ1) is 12.0. The fourth-order valence-corrected chi connectivity index (χ4v) is 4.18. The van der Waals surface area contributed by atoms with Crippen LogP contribution in [-0.2, 0) is 11.3 Å². The van der Waals surface area contributed by atoms with E-state index in [1.807, 2.05) is 41.1 Å². The molecule has 2 aromatic carbocycles. The van der Waals surface area contributed by atoms with Crippen molar-refractivity contribution in [3.8, 4) is 0 Å². The minimum Gasteiger partial charge on any atom is -0.343 e. The van der Waals surface area contributed by atoms with E-state index in [1.165, 1.54) is 19.2 Å². The molecule has 0 spiro atoms. The van der Waals surface area contributed by atoms with Crippen molar-refractivity contribution in [1.29, 1.82) is 0 Å². The van der Waals surface area contributed by atoms with Gasteiger partial charge in [-0.1, -0.05) is 24.3 Å². The summed E-state index contributed by atoms with van der Waals surface area (Å²) in [5.41, 5.74) is 2.66. The predicted molar refractivity (Wildman–Crippen MR) is 95.9 cm³/mol. The van der Waals surface area contributed by atoms with Crippen LogP contribution >= 0.6 is 11.8 Å². The summed E-state index contributed by atoms with van der Waals surface area (Å²) in [6.07, 6.45) is 1.93. The van der Waals surface area contributed by atoms with E-state index in [9.17, 15) is 14.0 Å². The fourth-order valence-electron chi connectivity index (χ4n) is 3.14. The van der Waals surface area contributed by atoms with Gasteiger partial charge >= 0.3 is 0 Å². The van der Waals surface area contributed by atoms with E-state index in [0.29, 0.717) is 6.54 Å². The molecule has 0 N–H and O–H groups in total. The normalized spacial score (nSPS) is 17.7. The Bertz CT molecular complexity index is 998. The van der Waals surface area contributed by atoms with Gasteiger partial charge in [0.05, 0.1) is 0 Å². The number of carbonyl (C=O) groups excluding carboxylic acids is 2. The quantitative estimate of drug-likeness (QED) is 0.708. The van der Waals surface area contributed by atoms with Gasteiger partial charge in [-0.05, 0) is 47.2 Å². The van der Waals surface area contributed by atoms with Crippen LogP contribution in [-0.4, -0.2) is 27.7 Å². The summed E-state index contributed by atoms with van der Waals surface area (Å²) in [5.74, 6) is -0.454. The number of amides is 2. The zero-order valence-electron chi connectivity index (χ0n) is 13.5. The van der Waals surface area contributed by atoms with Crippen molar-refractivity contribution in [3.05, 3.63) is 71.7 Å². The molecule has 2 amide bonds. The lowest BCUT2D eigenvalue weighted by molar-refractivity contribution is -0.125. The number of rotatable bonds is 3. The molecule has 1 atom stereocenters. The van der Waals surface area contributed by atoms with Gasteiger partial charge in [0, 0.05) is 30.7 Å². The number of nitrogens with zero attached hydrogens (tertiary/aromatic N) is 2. The van der Waals surface area contributed by atoms with Gasteiger partial charge in [0.2, 0.25) is 5.91 Å². The van der Waals surface area contributed by atoms with Crippen LogP contribution in [0.3, 0.4) is 0 Å². The molecule has 0 saturated carbocycles. The maximum Gasteiger partial charge on any atom is 0.289 e. The minimum atomic E-state index is -0.508. The second-order valence-corrected chi connectivity index (χ2v) is 7.07. The average molecular weight is 354 g/mol. The topological polar surface area (TPSA) is 42.3 Å². The Labute approximate surface area is 148 Å². The molecule has 0 radical (unpaired) electrons. The summed E-state index contributed by atoms with van der Waals surface area (Å²) in [4.78, 5) is 25.3. The van der Waals surface area contributed by atoms with Gasteiger partial charge in [0.1, 0.15) is 11.1 Å². The summed E-state index contributed by atoms with van der Waals surface area (Å²) in [5, 5.41) is 0.199. The molecule has 1 unspecified atom stereocenters. The van der Waals surface area contributed by atoms with Crippen LogP contribution in [0.1, 0.15) is 16.4 Å². The van der Waals surface area contributed by atoms with Crippen LogP contribution < -0.4 is 0 Å². The summed E-state index contributed by atoms with van der Waals surface area (Å²) >= 11 is 1.04. The van der Waals surface area contributed by atoms with Crippen molar-refractivity contribution in [1.82, 2.24) is 9.47 Å². The van der Waals surface area contributed by atoms with Gasteiger partial charge in [-0.2, -0.15) is 0 Å². The lowest BCUT2D eigenvalue weighted by Gasteiger charge is -2.11. The highest BCUT2D eigenvalue weighted by molar-refractivity contribution is 8.15. The largest absolute Gasteiger partial charge is 0.343 e. The van der Waals surface area contributed by atoms with E-state index < -0.39 is 5.25 Å². The zero-order valence-corrected chi connectivity index (χ0v) is 14.3. The number of benzene rings is 2. The van der Waals surface area contributed by atoms with Crippen molar-refractivity contribution < 1.29 is 14.0 Å². The molecule has 126 valence electrons. The number of hydrogen-bond acceptors (Lipinski definition) is 3. The molecule has 1 fully saturated rings. The zero-order chi connectivity index (χ0) is 17.6. The van der Waals surface area contributed by atoms with Gasteiger partial charge in [-0.3, -0.25) is 14.5 Å². The number of hydrogen-bond donors (Lipinski definition) is 0. The Morgan fingerprint density at radius 1 is 1.12 bits per heavy atom. The molecule has 0 bridgehead atoms. The summed E-state index contributed by atoms with van der Waals surface area (Å²) in [6, 6.07) is 14.2. The van der Waals surface area contributed by atoms with E-state index in [4.69, 9.17) is 0 Å². The van der Waals surface area contributed by atoms with Gasteiger partial charge < -0.3 is 4.57 Å². The Morgan fingerprint density at radius 2 is 1.92 bits per heavy atom. The monoisotopic (exact) mass is 354 g/mol. The fraction of sp³-hybridized carbons (Fsp3) is 0.158. The number of aromatic nitrogens is 1. The molecule has 1 aliphatic heterocycles.